The van der Waals surface area contributed by atoms with Gasteiger partial charge in [-0.25, -0.2) is 14.2 Å². The van der Waals surface area contributed by atoms with Crippen LogP contribution in [0.3, 0.4) is 0 Å². The van der Waals surface area contributed by atoms with Crippen LogP contribution in [0.25, 0.3) is 0 Å². The second-order valence-electron chi connectivity index (χ2n) is 8.32. The molecule has 2 aliphatic rings. The summed E-state index contributed by atoms with van der Waals surface area (Å²) in [5.74, 6) is -1.47. The van der Waals surface area contributed by atoms with E-state index < -0.39 is 36.1 Å². The number of alkyl halides is 3. The predicted molar refractivity (Wildman–Crippen MR) is 115 cm³/mol. The first-order valence-electron chi connectivity index (χ1n) is 10.5. The van der Waals surface area contributed by atoms with E-state index in [-0.39, 0.29) is 36.5 Å². The molecule has 13 heteroatoms. The van der Waals surface area contributed by atoms with Crippen LogP contribution in [-0.2, 0) is 9.53 Å². The molecule has 2 fully saturated rings. The molecule has 1 saturated heterocycles. The van der Waals surface area contributed by atoms with Gasteiger partial charge >= 0.3 is 12.3 Å². The lowest BCUT2D eigenvalue weighted by Crippen LogP contribution is -2.49. The Morgan fingerprint density at radius 2 is 1.79 bits per heavy atom. The normalized spacial score (nSPS) is 24.0. The number of likely N-dealkylation sites (tertiary alicyclic amines) is 1. The third-order valence-corrected chi connectivity index (χ3v) is 6.00. The SMILES string of the molecule is NC(=O)/C(=C/N[C@@]1(C2CCN(C(=O)OCC(F)(F)F)CC2)C[C@H]1N)C(N)=Nc1ccc(F)cc1. The average molecular weight is 486 g/mol. The smallest absolute Gasteiger partial charge is 0.422 e. The number of nitrogens with zero attached hydrogens (tertiary/aromatic N) is 2. The fraction of sp³-hybridized carbons (Fsp3) is 0.476. The number of carbonyl (C=O) groups excluding carboxylic acids is 2. The molecule has 34 heavy (non-hydrogen) atoms. The van der Waals surface area contributed by atoms with Crippen LogP contribution < -0.4 is 22.5 Å². The maximum atomic E-state index is 13.1. The molecule has 7 N–H and O–H groups in total. The average Bonchev–Trinajstić information content (AvgIpc) is 3.43. The number of nitrogens with one attached hydrogen (secondary N) is 1. The Morgan fingerprint density at radius 1 is 1.21 bits per heavy atom. The van der Waals surface area contributed by atoms with Crippen LogP contribution in [0.2, 0.25) is 0 Å². The zero-order valence-corrected chi connectivity index (χ0v) is 18.1. The predicted octanol–water partition coefficient (Wildman–Crippen LogP) is 1.65. The van der Waals surface area contributed by atoms with E-state index >= 15 is 0 Å². The molecule has 0 aromatic heterocycles. The van der Waals surface area contributed by atoms with Crippen LogP contribution in [0, 0.1) is 11.7 Å². The van der Waals surface area contributed by atoms with E-state index in [2.05, 4.69) is 15.0 Å². The van der Waals surface area contributed by atoms with Crippen molar-refractivity contribution in [1.82, 2.24) is 10.2 Å². The van der Waals surface area contributed by atoms with Crippen LogP contribution in [0.1, 0.15) is 19.3 Å². The molecule has 1 aromatic carbocycles. The van der Waals surface area contributed by atoms with Gasteiger partial charge in [-0.15, -0.1) is 0 Å². The minimum atomic E-state index is -4.59. The Bertz CT molecular complexity index is 974. The molecule has 0 spiro atoms. The van der Waals surface area contributed by atoms with Crippen LogP contribution >= 0.6 is 0 Å². The second-order valence-corrected chi connectivity index (χ2v) is 8.32. The van der Waals surface area contributed by atoms with E-state index in [9.17, 15) is 27.2 Å². The summed E-state index contributed by atoms with van der Waals surface area (Å²) in [5, 5.41) is 3.14. The fourth-order valence-corrected chi connectivity index (χ4v) is 4.06. The molecule has 1 heterocycles. The minimum absolute atomic E-state index is 0.0187. The Hall–Kier alpha value is -3.35. The van der Waals surface area contributed by atoms with Crippen LogP contribution in [-0.4, -0.2) is 60.2 Å². The molecule has 1 aromatic rings. The number of benzene rings is 1. The molecular formula is C21H26F4N6O3. The van der Waals surface area contributed by atoms with Crippen LogP contribution in [0.15, 0.2) is 41.0 Å². The molecular weight excluding hydrogens is 460 g/mol. The van der Waals surface area contributed by atoms with Gasteiger partial charge in [0.25, 0.3) is 5.91 Å². The number of piperidine rings is 1. The molecule has 9 nitrogen and oxygen atoms in total. The lowest BCUT2D eigenvalue weighted by Gasteiger charge is -2.36. The number of nitrogens with two attached hydrogens (primary N) is 3. The molecule has 2 amide bonds. The summed E-state index contributed by atoms with van der Waals surface area (Å²) in [6.07, 6.45) is -2.73. The highest BCUT2D eigenvalue weighted by Crippen LogP contribution is 2.46. The largest absolute Gasteiger partial charge is 0.440 e. The molecule has 3 rings (SSSR count). The summed E-state index contributed by atoms with van der Waals surface area (Å²) in [6.45, 7) is -1.22. The second kappa shape index (κ2) is 9.87. The number of primary amides is 1. The quantitative estimate of drug-likeness (QED) is 0.199. The Balaban J connectivity index is 1.64. The molecule has 1 saturated carbocycles. The van der Waals surface area contributed by atoms with E-state index in [0.717, 1.165) is 0 Å². The topological polar surface area (TPSA) is 149 Å². The number of aliphatic imine (C=N–C) groups is 1. The van der Waals surface area contributed by atoms with Gasteiger partial charge in [0.2, 0.25) is 0 Å². The van der Waals surface area contributed by atoms with Gasteiger partial charge in [0.15, 0.2) is 6.61 Å². The number of carbonyl (C=O) groups is 2. The molecule has 0 unspecified atom stereocenters. The van der Waals surface area contributed by atoms with Gasteiger partial charge in [-0.3, -0.25) is 4.79 Å². The highest BCUT2D eigenvalue weighted by molar-refractivity contribution is 6.20. The number of halogens is 4. The van der Waals surface area contributed by atoms with Gasteiger partial charge in [0, 0.05) is 25.3 Å². The van der Waals surface area contributed by atoms with Gasteiger partial charge in [0.1, 0.15) is 11.7 Å². The van der Waals surface area contributed by atoms with Crippen molar-refractivity contribution in [2.75, 3.05) is 19.7 Å². The zero-order valence-electron chi connectivity index (χ0n) is 18.1. The first-order valence-corrected chi connectivity index (χ1v) is 10.5. The van der Waals surface area contributed by atoms with E-state index in [1.54, 1.807) is 0 Å². The van der Waals surface area contributed by atoms with Crippen molar-refractivity contribution in [2.24, 2.45) is 28.1 Å². The monoisotopic (exact) mass is 486 g/mol. The molecule has 186 valence electrons. The first-order chi connectivity index (χ1) is 15.9. The summed E-state index contributed by atoms with van der Waals surface area (Å²) in [6, 6.07) is 4.92. The van der Waals surface area contributed by atoms with Crippen molar-refractivity contribution < 1.29 is 31.9 Å². The van der Waals surface area contributed by atoms with Gasteiger partial charge in [-0.05, 0) is 49.4 Å². The van der Waals surface area contributed by atoms with Gasteiger partial charge < -0.3 is 32.2 Å². The van der Waals surface area contributed by atoms with Crippen molar-refractivity contribution in [3.05, 3.63) is 41.9 Å². The summed E-state index contributed by atoms with van der Waals surface area (Å²) in [4.78, 5) is 29.1. The Morgan fingerprint density at radius 3 is 2.29 bits per heavy atom. The Kier molecular flexibility index (Phi) is 7.34. The molecule has 0 radical (unpaired) electrons. The number of amidine groups is 1. The van der Waals surface area contributed by atoms with E-state index in [4.69, 9.17) is 17.2 Å². The van der Waals surface area contributed by atoms with Gasteiger partial charge in [-0.1, -0.05) is 0 Å². The van der Waals surface area contributed by atoms with E-state index in [1.807, 2.05) is 0 Å². The third kappa shape index (κ3) is 6.16. The van der Waals surface area contributed by atoms with Crippen molar-refractivity contribution >= 4 is 23.5 Å². The molecule has 2 atom stereocenters. The standard InChI is InChI=1S/C21H26F4N6O3/c22-13-1-3-14(4-2-13)30-17(27)15(18(28)32)10-29-20(9-16(20)26)12-5-7-31(8-6-12)19(33)34-11-21(23,24)25/h1-4,10,12,16,29H,5-9,11,26H2,(H2,27,30)(H2,28,32)/b15-10+/t16-,20-/m1/s1. The van der Waals surface area contributed by atoms with E-state index in [0.29, 0.717) is 24.9 Å². The lowest BCUT2D eigenvalue weighted by atomic mass is 9.86. The lowest BCUT2D eigenvalue weighted by molar-refractivity contribution is -0.162. The van der Waals surface area contributed by atoms with Crippen molar-refractivity contribution in [3.63, 3.8) is 0 Å². The molecule has 0 bridgehead atoms. The maximum Gasteiger partial charge on any atom is 0.422 e. The summed E-state index contributed by atoms with van der Waals surface area (Å²) in [7, 11) is 0. The molecule has 1 aliphatic heterocycles. The van der Waals surface area contributed by atoms with Gasteiger partial charge in [0.05, 0.1) is 16.8 Å². The highest BCUT2D eigenvalue weighted by Gasteiger charge is 2.57. The number of amides is 2. The molecule has 1 aliphatic carbocycles. The van der Waals surface area contributed by atoms with E-state index in [1.165, 1.54) is 35.4 Å². The minimum Gasteiger partial charge on any atom is -0.440 e. The summed E-state index contributed by atoms with van der Waals surface area (Å²) in [5.41, 5.74) is 17.2. The highest BCUT2D eigenvalue weighted by atomic mass is 19.4. The zero-order chi connectivity index (χ0) is 25.1. The number of hydrogen-bond donors (Lipinski definition) is 4. The number of hydrogen-bond acceptors (Lipinski definition) is 6. The summed E-state index contributed by atoms with van der Waals surface area (Å²) >= 11 is 0. The number of ether oxygens (including phenoxy) is 1. The van der Waals surface area contributed by atoms with Gasteiger partial charge in [-0.2, -0.15) is 13.2 Å². The van der Waals surface area contributed by atoms with Crippen molar-refractivity contribution in [2.45, 2.75) is 37.0 Å². The first kappa shape index (κ1) is 25.3. The summed E-state index contributed by atoms with van der Waals surface area (Å²) < 4.78 is 54.2. The Labute approximate surface area is 193 Å². The fourth-order valence-electron chi connectivity index (χ4n) is 4.06. The number of rotatable bonds is 7. The van der Waals surface area contributed by atoms with Crippen LogP contribution in [0.5, 0.6) is 0 Å². The maximum absolute atomic E-state index is 13.1. The third-order valence-electron chi connectivity index (χ3n) is 6.00. The van der Waals surface area contributed by atoms with Crippen LogP contribution in [0.4, 0.5) is 28.0 Å². The van der Waals surface area contributed by atoms with Crippen molar-refractivity contribution in [1.29, 1.82) is 0 Å². The van der Waals surface area contributed by atoms with Crippen molar-refractivity contribution in [3.8, 4) is 0 Å².